The molecule has 0 fully saturated rings. The fourth-order valence-electron chi connectivity index (χ4n) is 1.86. The Labute approximate surface area is 123 Å². The molecule has 0 saturated heterocycles. The number of rotatable bonds is 4. The number of methoxy groups -OCH3 is 1. The molecule has 5 heteroatoms. The molecule has 2 N–H and O–H groups in total. The summed E-state index contributed by atoms with van der Waals surface area (Å²) in [4.78, 5) is 11.9. The highest BCUT2D eigenvalue weighted by atomic mass is 16.5. The molecule has 106 valence electrons. The average Bonchev–Trinajstić information content (AvgIpc) is 2.54. The van der Waals surface area contributed by atoms with E-state index < -0.39 is 0 Å². The zero-order chi connectivity index (χ0) is 15.1. The maximum atomic E-state index is 11.9. The summed E-state index contributed by atoms with van der Waals surface area (Å²) in [5, 5.41) is 14.5. The maximum absolute atomic E-state index is 11.9. The van der Waals surface area contributed by atoms with Crippen molar-refractivity contribution in [2.75, 3.05) is 12.4 Å². The molecule has 2 amide bonds. The Morgan fingerprint density at radius 3 is 2.62 bits per heavy atom. The van der Waals surface area contributed by atoms with Crippen LogP contribution in [0.15, 0.2) is 48.5 Å². The molecule has 5 nitrogen and oxygen atoms in total. The van der Waals surface area contributed by atoms with E-state index in [1.807, 2.05) is 36.4 Å². The second-order valence-electron chi connectivity index (χ2n) is 4.29. The minimum absolute atomic E-state index is 0.351. The molecule has 0 aliphatic rings. The van der Waals surface area contributed by atoms with E-state index in [1.54, 1.807) is 18.2 Å². The number of nitrogens with zero attached hydrogens (tertiary/aromatic N) is 1. The highest BCUT2D eigenvalue weighted by molar-refractivity contribution is 5.92. The van der Waals surface area contributed by atoms with Gasteiger partial charge < -0.3 is 15.4 Å². The lowest BCUT2D eigenvalue weighted by Crippen LogP contribution is -2.28. The van der Waals surface area contributed by atoms with E-state index in [0.29, 0.717) is 23.5 Å². The number of hydrogen-bond acceptors (Lipinski definition) is 3. The Morgan fingerprint density at radius 2 is 1.95 bits per heavy atom. The Kier molecular flexibility index (Phi) is 4.78. The quantitative estimate of drug-likeness (QED) is 0.905. The first-order valence-electron chi connectivity index (χ1n) is 6.40. The van der Waals surface area contributed by atoms with Crippen molar-refractivity contribution in [1.82, 2.24) is 5.32 Å². The summed E-state index contributed by atoms with van der Waals surface area (Å²) in [6.07, 6.45) is 0. The van der Waals surface area contributed by atoms with E-state index in [0.717, 1.165) is 5.56 Å². The molecule has 2 aromatic rings. The number of carbonyl (C=O) groups is 1. The Bertz CT molecular complexity index is 663. The molecule has 0 atom stereocenters. The first-order valence-corrected chi connectivity index (χ1v) is 6.40. The second-order valence-corrected chi connectivity index (χ2v) is 4.29. The zero-order valence-electron chi connectivity index (χ0n) is 11.6. The predicted molar refractivity (Wildman–Crippen MR) is 80.0 cm³/mol. The molecule has 0 saturated carbocycles. The minimum Gasteiger partial charge on any atom is -0.495 e. The number of ether oxygens (including phenoxy) is 1. The molecule has 0 spiro atoms. The Hall–Kier alpha value is -3.00. The van der Waals surface area contributed by atoms with Crippen LogP contribution in [-0.2, 0) is 6.54 Å². The van der Waals surface area contributed by atoms with E-state index in [4.69, 9.17) is 10.00 Å². The molecule has 0 heterocycles. The predicted octanol–water partition coefficient (Wildman–Crippen LogP) is 2.89. The highest BCUT2D eigenvalue weighted by Gasteiger charge is 2.11. The largest absolute Gasteiger partial charge is 0.495 e. The van der Waals surface area contributed by atoms with Crippen molar-refractivity contribution in [3.8, 4) is 11.8 Å². The van der Waals surface area contributed by atoms with Crippen molar-refractivity contribution in [2.24, 2.45) is 0 Å². The number of anilines is 1. The number of benzene rings is 2. The highest BCUT2D eigenvalue weighted by Crippen LogP contribution is 2.27. The third-order valence-corrected chi connectivity index (χ3v) is 2.90. The molecular weight excluding hydrogens is 266 g/mol. The molecule has 0 aromatic heterocycles. The summed E-state index contributed by atoms with van der Waals surface area (Å²) in [6, 6.07) is 16.2. The van der Waals surface area contributed by atoms with Crippen LogP contribution >= 0.6 is 0 Å². The number of nitrogens with one attached hydrogen (secondary N) is 2. The SMILES string of the molecule is COc1cccc(C#N)c1NC(=O)NCc1ccccc1. The van der Waals surface area contributed by atoms with Crippen molar-refractivity contribution in [3.05, 3.63) is 59.7 Å². The zero-order valence-corrected chi connectivity index (χ0v) is 11.6. The van der Waals surface area contributed by atoms with Gasteiger partial charge in [0.15, 0.2) is 0 Å². The van der Waals surface area contributed by atoms with Gasteiger partial charge in [-0.15, -0.1) is 0 Å². The van der Waals surface area contributed by atoms with Crippen molar-refractivity contribution >= 4 is 11.7 Å². The van der Waals surface area contributed by atoms with Crippen molar-refractivity contribution in [3.63, 3.8) is 0 Å². The van der Waals surface area contributed by atoms with E-state index >= 15 is 0 Å². The first kappa shape index (κ1) is 14.4. The Balaban J connectivity index is 2.05. The molecule has 0 unspecified atom stereocenters. The van der Waals surface area contributed by atoms with Crippen molar-refractivity contribution in [2.45, 2.75) is 6.54 Å². The fraction of sp³-hybridized carbons (Fsp3) is 0.125. The molecule has 0 aliphatic carbocycles. The van der Waals surface area contributed by atoms with Crippen molar-refractivity contribution < 1.29 is 9.53 Å². The second kappa shape index (κ2) is 6.96. The molecular formula is C16H15N3O2. The monoisotopic (exact) mass is 281 g/mol. The molecule has 0 radical (unpaired) electrons. The van der Waals surface area contributed by atoms with Gasteiger partial charge in [0.2, 0.25) is 0 Å². The van der Waals surface area contributed by atoms with Crippen molar-refractivity contribution in [1.29, 1.82) is 5.26 Å². The molecule has 21 heavy (non-hydrogen) atoms. The van der Waals surface area contributed by atoms with Crippen LogP contribution in [0.5, 0.6) is 5.75 Å². The van der Waals surface area contributed by atoms with E-state index in [2.05, 4.69) is 10.6 Å². The Morgan fingerprint density at radius 1 is 1.19 bits per heavy atom. The standard InChI is InChI=1S/C16H15N3O2/c1-21-14-9-5-8-13(10-17)15(14)19-16(20)18-11-12-6-3-2-4-7-12/h2-9H,11H2,1H3,(H2,18,19,20). The van der Waals surface area contributed by atoms with Crippen LogP contribution in [0.3, 0.4) is 0 Å². The van der Waals surface area contributed by atoms with Gasteiger partial charge in [0.05, 0.1) is 12.7 Å². The van der Waals surface area contributed by atoms with Crippen LogP contribution in [0.25, 0.3) is 0 Å². The third kappa shape index (κ3) is 3.74. The third-order valence-electron chi connectivity index (χ3n) is 2.90. The van der Waals surface area contributed by atoms with Gasteiger partial charge in [0.25, 0.3) is 0 Å². The van der Waals surface area contributed by atoms with E-state index in [-0.39, 0.29) is 6.03 Å². The van der Waals surface area contributed by atoms with Gasteiger partial charge in [-0.3, -0.25) is 0 Å². The summed E-state index contributed by atoms with van der Waals surface area (Å²) < 4.78 is 5.16. The normalized spacial score (nSPS) is 9.52. The number of para-hydroxylation sites is 1. The number of hydrogen-bond donors (Lipinski definition) is 2. The van der Waals surface area contributed by atoms with E-state index in [9.17, 15) is 4.79 Å². The summed E-state index contributed by atoms with van der Waals surface area (Å²) in [5.74, 6) is 0.448. The number of carbonyl (C=O) groups excluding carboxylic acids is 1. The first-order chi connectivity index (χ1) is 10.2. The number of urea groups is 1. The van der Waals surface area contributed by atoms with Gasteiger partial charge in [0, 0.05) is 6.54 Å². The summed E-state index contributed by atoms with van der Waals surface area (Å²) in [6.45, 7) is 0.406. The number of nitriles is 1. The van der Waals surface area contributed by atoms with Gasteiger partial charge in [0.1, 0.15) is 17.5 Å². The van der Waals surface area contributed by atoms with Gasteiger partial charge in [-0.2, -0.15) is 5.26 Å². The van der Waals surface area contributed by atoms with Crippen LogP contribution in [0.4, 0.5) is 10.5 Å². The van der Waals surface area contributed by atoms with Crippen LogP contribution in [0, 0.1) is 11.3 Å². The fourth-order valence-corrected chi connectivity index (χ4v) is 1.86. The lowest BCUT2D eigenvalue weighted by atomic mass is 10.2. The smallest absolute Gasteiger partial charge is 0.319 e. The van der Waals surface area contributed by atoms with Gasteiger partial charge >= 0.3 is 6.03 Å². The summed E-state index contributed by atoms with van der Waals surface area (Å²) in [5.41, 5.74) is 1.71. The number of amides is 2. The van der Waals surface area contributed by atoms with Crippen LogP contribution in [-0.4, -0.2) is 13.1 Å². The lowest BCUT2D eigenvalue weighted by molar-refractivity contribution is 0.251. The summed E-state index contributed by atoms with van der Waals surface area (Å²) in [7, 11) is 1.49. The van der Waals surface area contributed by atoms with Gasteiger partial charge in [-0.25, -0.2) is 4.79 Å². The molecule has 0 bridgehead atoms. The van der Waals surface area contributed by atoms with Crippen LogP contribution < -0.4 is 15.4 Å². The minimum atomic E-state index is -0.389. The van der Waals surface area contributed by atoms with Crippen LogP contribution in [0.1, 0.15) is 11.1 Å². The average molecular weight is 281 g/mol. The van der Waals surface area contributed by atoms with E-state index in [1.165, 1.54) is 7.11 Å². The maximum Gasteiger partial charge on any atom is 0.319 e. The molecule has 2 rings (SSSR count). The van der Waals surface area contributed by atoms with Crippen LogP contribution in [0.2, 0.25) is 0 Å². The topological polar surface area (TPSA) is 74.1 Å². The molecule has 0 aliphatic heterocycles. The molecule has 2 aromatic carbocycles. The van der Waals surface area contributed by atoms with Gasteiger partial charge in [-0.1, -0.05) is 36.4 Å². The summed E-state index contributed by atoms with van der Waals surface area (Å²) >= 11 is 0. The lowest BCUT2D eigenvalue weighted by Gasteiger charge is -2.12. The van der Waals surface area contributed by atoms with Gasteiger partial charge in [-0.05, 0) is 17.7 Å².